The van der Waals surface area contributed by atoms with Gasteiger partial charge >= 0.3 is 0 Å². The number of aromatic carboxylic acids is 1. The van der Waals surface area contributed by atoms with Gasteiger partial charge < -0.3 is 14.6 Å². The molecule has 0 aromatic heterocycles. The topological polar surface area (TPSA) is 86.7 Å². The molecule has 1 saturated heterocycles. The molecule has 3 rings (SSSR count). The highest BCUT2D eigenvalue weighted by Gasteiger charge is 2.41. The Kier molecular flexibility index (Phi) is 5.27. The van der Waals surface area contributed by atoms with Gasteiger partial charge in [0.25, 0.3) is 0 Å². The number of imide groups is 1. The Bertz CT molecular complexity index is 867. The largest absolute Gasteiger partial charge is 0.545 e. The molecule has 0 saturated carbocycles. The molecule has 26 heavy (non-hydrogen) atoms. The first-order chi connectivity index (χ1) is 12.5. The number of amides is 2. The molecule has 1 aliphatic rings. The third-order valence-electron chi connectivity index (χ3n) is 3.89. The van der Waals surface area contributed by atoms with Crippen molar-refractivity contribution in [2.75, 3.05) is 11.5 Å². The summed E-state index contributed by atoms with van der Waals surface area (Å²) in [5.74, 6) is -1.59. The standard InChI is InChI=1S/C19H17NO5S/c1-2-25-14-9-5-4-8-13(14)20-17(21)11-16(18(20)22)26-15-10-6-3-7-12(15)19(23)24/h3-10,16H,2,11H2,1H3,(H,23,24)/p-1/t16-/m1/s1. The van der Waals surface area contributed by atoms with Crippen molar-refractivity contribution >= 4 is 35.2 Å². The first-order valence-electron chi connectivity index (χ1n) is 8.08. The van der Waals surface area contributed by atoms with Crippen molar-refractivity contribution in [3.63, 3.8) is 0 Å². The van der Waals surface area contributed by atoms with E-state index in [1.54, 1.807) is 42.5 Å². The molecule has 1 aliphatic heterocycles. The molecule has 0 spiro atoms. The number of carboxylic acid groups (broad SMARTS) is 1. The molecule has 0 aliphatic carbocycles. The van der Waals surface area contributed by atoms with Gasteiger partial charge in [0, 0.05) is 16.9 Å². The molecule has 1 heterocycles. The highest BCUT2D eigenvalue weighted by atomic mass is 32.2. The average Bonchev–Trinajstić information content (AvgIpc) is 2.90. The predicted octanol–water partition coefficient (Wildman–Crippen LogP) is 1.87. The number of thioether (sulfide) groups is 1. The van der Waals surface area contributed by atoms with Gasteiger partial charge in [0.1, 0.15) is 5.75 Å². The second kappa shape index (κ2) is 7.61. The lowest BCUT2D eigenvalue weighted by atomic mass is 10.2. The highest BCUT2D eigenvalue weighted by Crippen LogP contribution is 2.38. The van der Waals surface area contributed by atoms with Crippen LogP contribution >= 0.6 is 11.8 Å². The zero-order valence-corrected chi connectivity index (χ0v) is 14.8. The van der Waals surface area contributed by atoms with E-state index in [1.165, 1.54) is 6.07 Å². The molecule has 1 atom stereocenters. The number of carbonyl (C=O) groups is 3. The van der Waals surface area contributed by atoms with Crippen LogP contribution in [0.15, 0.2) is 53.4 Å². The van der Waals surface area contributed by atoms with Crippen molar-refractivity contribution in [3.8, 4) is 5.75 Å². The minimum absolute atomic E-state index is 0.00548. The zero-order chi connectivity index (χ0) is 18.7. The third-order valence-corrected chi connectivity index (χ3v) is 5.15. The lowest BCUT2D eigenvalue weighted by Gasteiger charge is -2.19. The van der Waals surface area contributed by atoms with E-state index in [0.29, 0.717) is 22.9 Å². The lowest BCUT2D eigenvalue weighted by Crippen LogP contribution is -2.31. The van der Waals surface area contributed by atoms with E-state index >= 15 is 0 Å². The summed E-state index contributed by atoms with van der Waals surface area (Å²) in [6, 6.07) is 13.1. The number of rotatable bonds is 6. The fraction of sp³-hybridized carbons (Fsp3) is 0.211. The maximum atomic E-state index is 12.8. The fourth-order valence-corrected chi connectivity index (χ4v) is 3.93. The van der Waals surface area contributed by atoms with Crippen LogP contribution in [0.3, 0.4) is 0 Å². The van der Waals surface area contributed by atoms with Crippen LogP contribution in [0.25, 0.3) is 0 Å². The second-order valence-corrected chi connectivity index (χ2v) is 6.81. The van der Waals surface area contributed by atoms with Gasteiger partial charge in [0.2, 0.25) is 11.8 Å². The molecule has 2 aromatic rings. The number of carboxylic acids is 1. The summed E-state index contributed by atoms with van der Waals surface area (Å²) in [7, 11) is 0. The van der Waals surface area contributed by atoms with E-state index in [9.17, 15) is 19.5 Å². The minimum Gasteiger partial charge on any atom is -0.545 e. The van der Waals surface area contributed by atoms with Gasteiger partial charge in [0.05, 0.1) is 23.5 Å². The number of nitrogens with zero attached hydrogens (tertiary/aromatic N) is 1. The Morgan fingerprint density at radius 1 is 1.19 bits per heavy atom. The Balaban J connectivity index is 1.88. The first kappa shape index (κ1) is 18.0. The molecular weight excluding hydrogens is 354 g/mol. The summed E-state index contributed by atoms with van der Waals surface area (Å²) in [6.07, 6.45) is -0.00859. The molecule has 0 bridgehead atoms. The molecule has 6 nitrogen and oxygen atoms in total. The van der Waals surface area contributed by atoms with Crippen LogP contribution in [0.1, 0.15) is 23.7 Å². The molecule has 0 radical (unpaired) electrons. The summed E-state index contributed by atoms with van der Waals surface area (Å²) in [6.45, 7) is 2.23. The van der Waals surface area contributed by atoms with E-state index in [0.717, 1.165) is 16.7 Å². The van der Waals surface area contributed by atoms with Crippen LogP contribution in [0.4, 0.5) is 5.69 Å². The van der Waals surface area contributed by atoms with Crippen molar-refractivity contribution in [2.24, 2.45) is 0 Å². The van der Waals surface area contributed by atoms with Crippen molar-refractivity contribution in [2.45, 2.75) is 23.5 Å². The monoisotopic (exact) mass is 370 g/mol. The number of benzene rings is 2. The van der Waals surface area contributed by atoms with Crippen molar-refractivity contribution in [1.82, 2.24) is 0 Å². The van der Waals surface area contributed by atoms with Gasteiger partial charge in [-0.05, 0) is 25.1 Å². The van der Waals surface area contributed by atoms with Gasteiger partial charge in [-0.2, -0.15) is 0 Å². The average molecular weight is 370 g/mol. The molecule has 0 N–H and O–H groups in total. The number of hydrogen-bond donors (Lipinski definition) is 0. The summed E-state index contributed by atoms with van der Waals surface area (Å²) in [5, 5.41) is 10.5. The smallest absolute Gasteiger partial charge is 0.247 e. The molecule has 134 valence electrons. The molecular formula is C19H16NO5S-. The zero-order valence-electron chi connectivity index (χ0n) is 14.0. The van der Waals surface area contributed by atoms with E-state index in [1.807, 2.05) is 6.92 Å². The van der Waals surface area contributed by atoms with Crippen molar-refractivity contribution in [1.29, 1.82) is 0 Å². The molecule has 7 heteroatoms. The normalized spacial score (nSPS) is 16.8. The van der Waals surface area contributed by atoms with E-state index < -0.39 is 11.2 Å². The number of ether oxygens (including phenoxy) is 1. The maximum absolute atomic E-state index is 12.8. The molecule has 0 unspecified atom stereocenters. The summed E-state index contributed by atoms with van der Waals surface area (Å²) < 4.78 is 5.51. The predicted molar refractivity (Wildman–Crippen MR) is 95.1 cm³/mol. The molecule has 1 fully saturated rings. The lowest BCUT2D eigenvalue weighted by molar-refractivity contribution is -0.255. The summed E-state index contributed by atoms with van der Waals surface area (Å²) in [4.78, 5) is 38.0. The summed E-state index contributed by atoms with van der Waals surface area (Å²) >= 11 is 1.06. The Morgan fingerprint density at radius 2 is 1.88 bits per heavy atom. The fourth-order valence-electron chi connectivity index (χ4n) is 2.76. The molecule has 2 aromatic carbocycles. The maximum Gasteiger partial charge on any atom is 0.247 e. The van der Waals surface area contributed by atoms with Crippen LogP contribution in [-0.4, -0.2) is 29.6 Å². The highest BCUT2D eigenvalue weighted by molar-refractivity contribution is 8.00. The van der Waals surface area contributed by atoms with E-state index in [2.05, 4.69) is 0 Å². The van der Waals surface area contributed by atoms with Crippen LogP contribution in [-0.2, 0) is 9.59 Å². The van der Waals surface area contributed by atoms with Crippen LogP contribution in [0.2, 0.25) is 0 Å². The minimum atomic E-state index is -1.32. The summed E-state index contributed by atoms with van der Waals surface area (Å²) in [5.41, 5.74) is 0.409. The van der Waals surface area contributed by atoms with E-state index in [-0.39, 0.29) is 23.8 Å². The third kappa shape index (κ3) is 3.43. The van der Waals surface area contributed by atoms with Crippen LogP contribution < -0.4 is 14.7 Å². The number of para-hydroxylation sites is 2. The van der Waals surface area contributed by atoms with Crippen LogP contribution in [0, 0.1) is 0 Å². The SMILES string of the molecule is CCOc1ccccc1N1C(=O)C[C@@H](Sc2ccccc2C(=O)[O-])C1=O. The second-order valence-electron chi connectivity index (χ2n) is 5.56. The number of hydrogen-bond acceptors (Lipinski definition) is 6. The van der Waals surface area contributed by atoms with E-state index in [4.69, 9.17) is 4.74 Å². The number of anilines is 1. The van der Waals surface area contributed by atoms with Crippen LogP contribution in [0.5, 0.6) is 5.75 Å². The van der Waals surface area contributed by atoms with Gasteiger partial charge in [-0.25, -0.2) is 4.90 Å². The quantitative estimate of drug-likeness (QED) is 0.722. The van der Waals surface area contributed by atoms with Crippen molar-refractivity contribution in [3.05, 3.63) is 54.1 Å². The van der Waals surface area contributed by atoms with Gasteiger partial charge in [-0.3, -0.25) is 9.59 Å². The van der Waals surface area contributed by atoms with Crippen molar-refractivity contribution < 1.29 is 24.2 Å². The Labute approximate surface area is 154 Å². The number of carbonyl (C=O) groups excluding carboxylic acids is 3. The Hall–Kier alpha value is -2.80. The Morgan fingerprint density at radius 3 is 2.62 bits per heavy atom. The first-order valence-corrected chi connectivity index (χ1v) is 8.96. The van der Waals surface area contributed by atoms with Gasteiger partial charge in [-0.15, -0.1) is 11.8 Å². The molecule has 2 amide bonds. The van der Waals surface area contributed by atoms with Gasteiger partial charge in [0.15, 0.2) is 0 Å². The van der Waals surface area contributed by atoms with Gasteiger partial charge in [-0.1, -0.05) is 30.3 Å².